The predicted molar refractivity (Wildman–Crippen MR) is 53.6 cm³/mol. The average molecular weight is 184 g/mol. The molecule has 0 amide bonds. The van der Waals surface area contributed by atoms with Gasteiger partial charge in [0.05, 0.1) is 0 Å². The van der Waals surface area contributed by atoms with E-state index in [-0.39, 0.29) is 12.4 Å². The first-order valence-corrected chi connectivity index (χ1v) is 4.17. The van der Waals surface area contributed by atoms with Crippen LogP contribution in [0.4, 0.5) is 0 Å². The molecule has 1 fully saturated rings. The Bertz CT molecular complexity index is 235. The molecule has 1 aliphatic rings. The molecule has 0 spiro atoms. The van der Waals surface area contributed by atoms with Crippen LogP contribution < -0.4 is 5.73 Å². The molecule has 66 valence electrons. The zero-order valence-electron chi connectivity index (χ0n) is 6.94. The van der Waals surface area contributed by atoms with Gasteiger partial charge in [0.25, 0.3) is 0 Å². The van der Waals surface area contributed by atoms with Crippen LogP contribution >= 0.6 is 12.4 Å². The van der Waals surface area contributed by atoms with Crippen molar-refractivity contribution in [1.29, 1.82) is 0 Å². The molecule has 1 nitrogen and oxygen atoms in total. The first-order valence-electron chi connectivity index (χ1n) is 4.17. The minimum Gasteiger partial charge on any atom is -0.330 e. The van der Waals surface area contributed by atoms with E-state index in [0.29, 0.717) is 0 Å². The Morgan fingerprint density at radius 1 is 1.25 bits per heavy atom. The summed E-state index contributed by atoms with van der Waals surface area (Å²) in [5.74, 6) is 1.53. The molecule has 2 atom stereocenters. The lowest BCUT2D eigenvalue weighted by Crippen LogP contribution is -2.01. The van der Waals surface area contributed by atoms with Gasteiger partial charge < -0.3 is 5.73 Å². The van der Waals surface area contributed by atoms with Gasteiger partial charge in [-0.15, -0.1) is 12.4 Å². The van der Waals surface area contributed by atoms with Crippen LogP contribution in [0.1, 0.15) is 17.9 Å². The maximum Gasteiger partial charge on any atom is -0.00428 e. The molecule has 0 heterocycles. The van der Waals surface area contributed by atoms with E-state index in [9.17, 15) is 0 Å². The standard InChI is InChI=1S/C10H13N.ClH/c11-7-9-6-10(9)8-4-2-1-3-5-8;/h1-5,9-10H,6-7,11H2;1H/t9-,10+;/m1./s1. The van der Waals surface area contributed by atoms with Crippen molar-refractivity contribution < 1.29 is 0 Å². The van der Waals surface area contributed by atoms with E-state index in [1.54, 1.807) is 0 Å². The quantitative estimate of drug-likeness (QED) is 0.748. The maximum absolute atomic E-state index is 5.56. The second kappa shape index (κ2) is 3.92. The van der Waals surface area contributed by atoms with Crippen molar-refractivity contribution in [3.8, 4) is 0 Å². The molecule has 2 rings (SSSR count). The highest BCUT2D eigenvalue weighted by molar-refractivity contribution is 5.85. The van der Waals surface area contributed by atoms with Crippen molar-refractivity contribution in [3.05, 3.63) is 35.9 Å². The second-order valence-corrected chi connectivity index (χ2v) is 3.25. The first-order chi connectivity index (χ1) is 5.42. The number of hydrogen-bond acceptors (Lipinski definition) is 1. The highest BCUT2D eigenvalue weighted by Gasteiger charge is 2.36. The zero-order chi connectivity index (χ0) is 7.68. The highest BCUT2D eigenvalue weighted by Crippen LogP contribution is 2.46. The summed E-state index contributed by atoms with van der Waals surface area (Å²) in [5, 5.41) is 0. The number of rotatable bonds is 2. The Kier molecular flexibility index (Phi) is 3.12. The van der Waals surface area contributed by atoms with E-state index in [2.05, 4.69) is 30.3 Å². The van der Waals surface area contributed by atoms with Crippen LogP contribution in [0.25, 0.3) is 0 Å². The number of hydrogen-bond donors (Lipinski definition) is 1. The van der Waals surface area contributed by atoms with Gasteiger partial charge >= 0.3 is 0 Å². The molecule has 0 bridgehead atoms. The Morgan fingerprint density at radius 3 is 2.42 bits per heavy atom. The summed E-state index contributed by atoms with van der Waals surface area (Å²) >= 11 is 0. The van der Waals surface area contributed by atoms with Gasteiger partial charge in [-0.05, 0) is 30.4 Å². The van der Waals surface area contributed by atoms with Crippen LogP contribution in [0.3, 0.4) is 0 Å². The van der Waals surface area contributed by atoms with Crippen molar-refractivity contribution in [2.75, 3.05) is 6.54 Å². The van der Waals surface area contributed by atoms with Crippen molar-refractivity contribution in [3.63, 3.8) is 0 Å². The van der Waals surface area contributed by atoms with Crippen LogP contribution in [-0.4, -0.2) is 6.54 Å². The molecular formula is C10H14ClN. The average Bonchev–Trinajstić information content (AvgIpc) is 2.85. The summed E-state index contributed by atoms with van der Waals surface area (Å²) in [7, 11) is 0. The van der Waals surface area contributed by atoms with Crippen molar-refractivity contribution in [1.82, 2.24) is 0 Å². The molecule has 2 N–H and O–H groups in total. The molecule has 0 unspecified atom stereocenters. The third-order valence-corrected chi connectivity index (χ3v) is 2.45. The molecule has 0 aromatic heterocycles. The third kappa shape index (κ3) is 1.79. The molecule has 1 aromatic carbocycles. The maximum atomic E-state index is 5.56. The molecule has 0 radical (unpaired) electrons. The lowest BCUT2D eigenvalue weighted by Gasteiger charge is -1.96. The fraction of sp³-hybridized carbons (Fsp3) is 0.400. The number of benzene rings is 1. The normalized spacial score (nSPS) is 26.1. The van der Waals surface area contributed by atoms with Gasteiger partial charge in [0.2, 0.25) is 0 Å². The topological polar surface area (TPSA) is 26.0 Å². The van der Waals surface area contributed by atoms with Crippen LogP contribution in [0.15, 0.2) is 30.3 Å². The van der Waals surface area contributed by atoms with Crippen LogP contribution in [0.2, 0.25) is 0 Å². The molecule has 1 saturated carbocycles. The van der Waals surface area contributed by atoms with E-state index < -0.39 is 0 Å². The fourth-order valence-electron chi connectivity index (χ4n) is 1.62. The van der Waals surface area contributed by atoms with E-state index in [4.69, 9.17) is 5.73 Å². The predicted octanol–water partition coefficient (Wildman–Crippen LogP) is 2.17. The van der Waals surface area contributed by atoms with Gasteiger partial charge in [-0.1, -0.05) is 30.3 Å². The monoisotopic (exact) mass is 183 g/mol. The van der Waals surface area contributed by atoms with Gasteiger partial charge in [0, 0.05) is 0 Å². The summed E-state index contributed by atoms with van der Waals surface area (Å²) in [4.78, 5) is 0. The summed E-state index contributed by atoms with van der Waals surface area (Å²) in [5.41, 5.74) is 7.02. The van der Waals surface area contributed by atoms with Crippen molar-refractivity contribution in [2.45, 2.75) is 12.3 Å². The molecule has 1 aliphatic carbocycles. The SMILES string of the molecule is Cl.NC[C@H]1C[C@H]1c1ccccc1. The van der Waals surface area contributed by atoms with Gasteiger partial charge in [-0.3, -0.25) is 0 Å². The van der Waals surface area contributed by atoms with E-state index in [1.807, 2.05) is 0 Å². The minimum atomic E-state index is 0. The van der Waals surface area contributed by atoms with E-state index in [1.165, 1.54) is 12.0 Å². The van der Waals surface area contributed by atoms with Crippen LogP contribution in [0, 0.1) is 5.92 Å². The van der Waals surface area contributed by atoms with Crippen LogP contribution in [-0.2, 0) is 0 Å². The van der Waals surface area contributed by atoms with Crippen molar-refractivity contribution in [2.24, 2.45) is 11.7 Å². The second-order valence-electron chi connectivity index (χ2n) is 3.25. The van der Waals surface area contributed by atoms with Gasteiger partial charge in [0.1, 0.15) is 0 Å². The largest absolute Gasteiger partial charge is 0.330 e. The highest BCUT2D eigenvalue weighted by atomic mass is 35.5. The molecule has 2 heteroatoms. The molecule has 0 saturated heterocycles. The smallest absolute Gasteiger partial charge is 0.00428 e. The minimum absolute atomic E-state index is 0. The third-order valence-electron chi connectivity index (χ3n) is 2.45. The van der Waals surface area contributed by atoms with Crippen molar-refractivity contribution >= 4 is 12.4 Å². The molecule has 1 aromatic rings. The molecule has 12 heavy (non-hydrogen) atoms. The van der Waals surface area contributed by atoms with E-state index >= 15 is 0 Å². The summed E-state index contributed by atoms with van der Waals surface area (Å²) in [6.45, 7) is 0.847. The van der Waals surface area contributed by atoms with Gasteiger partial charge in [-0.25, -0.2) is 0 Å². The Morgan fingerprint density at radius 2 is 1.92 bits per heavy atom. The summed E-state index contributed by atoms with van der Waals surface area (Å²) < 4.78 is 0. The summed E-state index contributed by atoms with van der Waals surface area (Å²) in [6.07, 6.45) is 1.29. The van der Waals surface area contributed by atoms with Crippen LogP contribution in [0.5, 0.6) is 0 Å². The fourth-order valence-corrected chi connectivity index (χ4v) is 1.62. The Labute approximate surface area is 79.4 Å². The zero-order valence-corrected chi connectivity index (χ0v) is 7.76. The first kappa shape index (κ1) is 9.56. The lowest BCUT2D eigenvalue weighted by molar-refractivity contribution is 0.810. The Balaban J connectivity index is 0.000000720. The lowest BCUT2D eigenvalue weighted by atomic mass is 10.1. The summed E-state index contributed by atoms with van der Waals surface area (Å²) in [6, 6.07) is 10.6. The van der Waals surface area contributed by atoms with E-state index in [0.717, 1.165) is 18.4 Å². The Hall–Kier alpha value is -0.530. The molecule has 0 aliphatic heterocycles. The molecular weight excluding hydrogens is 170 g/mol. The number of nitrogens with two attached hydrogens (primary N) is 1. The van der Waals surface area contributed by atoms with Gasteiger partial charge in [-0.2, -0.15) is 0 Å². The van der Waals surface area contributed by atoms with Gasteiger partial charge in [0.15, 0.2) is 0 Å². The number of halogens is 1.